The van der Waals surface area contributed by atoms with Crippen LogP contribution in [-0.2, 0) is 9.53 Å². The highest BCUT2D eigenvalue weighted by Crippen LogP contribution is 2.19. The van der Waals surface area contributed by atoms with Crippen molar-refractivity contribution in [2.45, 2.75) is 33.2 Å². The van der Waals surface area contributed by atoms with E-state index in [0.29, 0.717) is 0 Å². The van der Waals surface area contributed by atoms with E-state index < -0.39 is 0 Å². The van der Waals surface area contributed by atoms with Crippen molar-refractivity contribution in [3.63, 3.8) is 0 Å². The molecule has 1 aromatic carbocycles. The van der Waals surface area contributed by atoms with Crippen molar-refractivity contribution in [1.82, 2.24) is 5.32 Å². The highest BCUT2D eigenvalue weighted by Gasteiger charge is 2.12. The van der Waals surface area contributed by atoms with E-state index in [9.17, 15) is 4.79 Å². The zero-order chi connectivity index (χ0) is 12.8. The number of hydrogen-bond acceptors (Lipinski definition) is 2. The van der Waals surface area contributed by atoms with Crippen LogP contribution in [0.4, 0.5) is 0 Å². The van der Waals surface area contributed by atoms with Crippen molar-refractivity contribution in [2.75, 3.05) is 13.7 Å². The zero-order valence-corrected chi connectivity index (χ0v) is 11.0. The summed E-state index contributed by atoms with van der Waals surface area (Å²) >= 11 is 0. The number of rotatable bonds is 5. The van der Waals surface area contributed by atoms with Gasteiger partial charge in [0.2, 0.25) is 5.91 Å². The molecule has 0 radical (unpaired) electrons. The average Bonchev–Trinajstić information content (AvgIpc) is 2.30. The lowest BCUT2D eigenvalue weighted by Gasteiger charge is -2.18. The van der Waals surface area contributed by atoms with Crippen LogP contribution < -0.4 is 5.32 Å². The second kappa shape index (κ2) is 6.40. The van der Waals surface area contributed by atoms with Crippen LogP contribution in [0.15, 0.2) is 18.2 Å². The molecule has 0 heterocycles. The Morgan fingerprint density at radius 2 is 2.06 bits per heavy atom. The van der Waals surface area contributed by atoms with Crippen LogP contribution in [0.3, 0.4) is 0 Å². The van der Waals surface area contributed by atoms with Crippen molar-refractivity contribution in [1.29, 1.82) is 0 Å². The van der Waals surface area contributed by atoms with Gasteiger partial charge in [-0.25, -0.2) is 0 Å². The van der Waals surface area contributed by atoms with Crippen LogP contribution in [0.1, 0.15) is 36.1 Å². The van der Waals surface area contributed by atoms with E-state index in [1.807, 2.05) is 0 Å². The molecular weight excluding hydrogens is 214 g/mol. The summed E-state index contributed by atoms with van der Waals surface area (Å²) in [5.74, 6) is -0.0717. The monoisotopic (exact) mass is 235 g/mol. The number of amides is 1. The number of aryl methyl sites for hydroxylation is 2. The molecule has 0 aromatic heterocycles. The number of hydrogen-bond donors (Lipinski definition) is 1. The molecule has 0 bridgehead atoms. The van der Waals surface area contributed by atoms with E-state index >= 15 is 0 Å². The Morgan fingerprint density at radius 1 is 1.35 bits per heavy atom. The SMILES string of the molecule is CC[C@H](NC(=O)COC)c1ccc(C)c(C)c1. The van der Waals surface area contributed by atoms with Crippen LogP contribution in [0.5, 0.6) is 0 Å². The minimum absolute atomic E-state index is 0.0666. The molecule has 1 aromatic rings. The van der Waals surface area contributed by atoms with Crippen molar-refractivity contribution < 1.29 is 9.53 Å². The van der Waals surface area contributed by atoms with Crippen LogP contribution in [0.2, 0.25) is 0 Å². The first-order chi connectivity index (χ1) is 8.08. The van der Waals surface area contributed by atoms with Gasteiger partial charge >= 0.3 is 0 Å². The van der Waals surface area contributed by atoms with Crippen molar-refractivity contribution >= 4 is 5.91 Å². The summed E-state index contributed by atoms with van der Waals surface area (Å²) in [6.45, 7) is 6.35. The van der Waals surface area contributed by atoms with Crippen LogP contribution in [0, 0.1) is 13.8 Å². The molecule has 1 amide bonds. The molecular formula is C14H21NO2. The van der Waals surface area contributed by atoms with Crippen LogP contribution >= 0.6 is 0 Å². The average molecular weight is 235 g/mol. The van der Waals surface area contributed by atoms with E-state index in [1.165, 1.54) is 18.2 Å². The number of ether oxygens (including phenoxy) is 1. The highest BCUT2D eigenvalue weighted by molar-refractivity contribution is 5.77. The predicted molar refractivity (Wildman–Crippen MR) is 69.0 cm³/mol. The first-order valence-corrected chi connectivity index (χ1v) is 5.94. The van der Waals surface area contributed by atoms with Gasteiger partial charge in [-0.1, -0.05) is 25.1 Å². The van der Waals surface area contributed by atoms with Gasteiger partial charge < -0.3 is 10.1 Å². The number of carbonyl (C=O) groups excluding carboxylic acids is 1. The van der Waals surface area contributed by atoms with E-state index in [0.717, 1.165) is 12.0 Å². The topological polar surface area (TPSA) is 38.3 Å². The summed E-state index contributed by atoms with van der Waals surface area (Å²) in [6.07, 6.45) is 0.873. The molecule has 0 spiro atoms. The fourth-order valence-corrected chi connectivity index (χ4v) is 1.77. The maximum absolute atomic E-state index is 11.5. The molecule has 3 heteroatoms. The summed E-state index contributed by atoms with van der Waals surface area (Å²) in [6, 6.07) is 6.37. The maximum atomic E-state index is 11.5. The van der Waals surface area contributed by atoms with Crippen molar-refractivity contribution in [3.05, 3.63) is 34.9 Å². The molecule has 0 aliphatic heterocycles. The molecule has 3 nitrogen and oxygen atoms in total. The van der Waals surface area contributed by atoms with Gasteiger partial charge in [0.05, 0.1) is 6.04 Å². The molecule has 0 aliphatic rings. The van der Waals surface area contributed by atoms with Crippen LogP contribution in [-0.4, -0.2) is 19.6 Å². The van der Waals surface area contributed by atoms with Gasteiger partial charge in [-0.15, -0.1) is 0 Å². The normalized spacial score (nSPS) is 12.2. The third kappa shape index (κ3) is 3.86. The van der Waals surface area contributed by atoms with Gasteiger partial charge in [-0.3, -0.25) is 4.79 Å². The number of benzene rings is 1. The fourth-order valence-electron chi connectivity index (χ4n) is 1.77. The lowest BCUT2D eigenvalue weighted by atomic mass is 9.99. The first kappa shape index (κ1) is 13.7. The third-order valence-corrected chi connectivity index (χ3v) is 2.95. The Morgan fingerprint density at radius 3 is 2.59 bits per heavy atom. The van der Waals surface area contributed by atoms with Gasteiger partial charge in [-0.05, 0) is 37.0 Å². The largest absolute Gasteiger partial charge is 0.375 e. The molecule has 0 aliphatic carbocycles. The Bertz CT molecular complexity index is 388. The molecule has 17 heavy (non-hydrogen) atoms. The van der Waals surface area contributed by atoms with E-state index in [2.05, 4.69) is 44.3 Å². The summed E-state index contributed by atoms with van der Waals surface area (Å²) in [7, 11) is 1.52. The van der Waals surface area contributed by atoms with Gasteiger partial charge in [0.25, 0.3) is 0 Å². The number of methoxy groups -OCH3 is 1. The lowest BCUT2D eigenvalue weighted by molar-refractivity contribution is -0.125. The Kier molecular flexibility index (Phi) is 5.16. The minimum atomic E-state index is -0.0717. The molecule has 1 rings (SSSR count). The minimum Gasteiger partial charge on any atom is -0.375 e. The summed E-state index contributed by atoms with van der Waals surface area (Å²) in [5.41, 5.74) is 3.67. The quantitative estimate of drug-likeness (QED) is 0.851. The molecule has 1 N–H and O–H groups in total. The number of carbonyl (C=O) groups is 1. The summed E-state index contributed by atoms with van der Waals surface area (Å²) < 4.78 is 4.82. The number of nitrogens with one attached hydrogen (secondary N) is 1. The lowest BCUT2D eigenvalue weighted by Crippen LogP contribution is -2.31. The van der Waals surface area contributed by atoms with Crippen molar-refractivity contribution in [2.24, 2.45) is 0 Å². The first-order valence-electron chi connectivity index (χ1n) is 5.94. The Labute approximate surface area is 103 Å². The van der Waals surface area contributed by atoms with E-state index in [-0.39, 0.29) is 18.6 Å². The smallest absolute Gasteiger partial charge is 0.246 e. The standard InChI is InChI=1S/C14H21NO2/c1-5-13(15-14(16)9-17-4)12-7-6-10(2)11(3)8-12/h6-8,13H,5,9H2,1-4H3,(H,15,16)/t13-/m0/s1. The second-order valence-corrected chi connectivity index (χ2v) is 4.31. The van der Waals surface area contributed by atoms with E-state index in [4.69, 9.17) is 4.74 Å². The predicted octanol–water partition coefficient (Wildman–Crippen LogP) is 2.52. The maximum Gasteiger partial charge on any atom is 0.246 e. The zero-order valence-electron chi connectivity index (χ0n) is 11.0. The molecule has 0 fully saturated rings. The van der Waals surface area contributed by atoms with E-state index in [1.54, 1.807) is 0 Å². The van der Waals surface area contributed by atoms with Gasteiger partial charge in [0, 0.05) is 7.11 Å². The summed E-state index contributed by atoms with van der Waals surface area (Å²) in [4.78, 5) is 11.5. The molecule has 0 saturated heterocycles. The second-order valence-electron chi connectivity index (χ2n) is 4.31. The van der Waals surface area contributed by atoms with Gasteiger partial charge in [0.1, 0.15) is 6.61 Å². The molecule has 0 unspecified atom stereocenters. The van der Waals surface area contributed by atoms with Gasteiger partial charge in [0.15, 0.2) is 0 Å². The highest BCUT2D eigenvalue weighted by atomic mass is 16.5. The Balaban J connectivity index is 2.79. The summed E-state index contributed by atoms with van der Waals surface area (Å²) in [5, 5.41) is 2.97. The third-order valence-electron chi connectivity index (χ3n) is 2.95. The van der Waals surface area contributed by atoms with Crippen molar-refractivity contribution in [3.8, 4) is 0 Å². The Hall–Kier alpha value is -1.35. The fraction of sp³-hybridized carbons (Fsp3) is 0.500. The molecule has 0 saturated carbocycles. The van der Waals surface area contributed by atoms with Gasteiger partial charge in [-0.2, -0.15) is 0 Å². The molecule has 94 valence electrons. The van der Waals surface area contributed by atoms with Crippen LogP contribution in [0.25, 0.3) is 0 Å². The molecule has 1 atom stereocenters.